The van der Waals surface area contributed by atoms with Gasteiger partial charge in [0.25, 0.3) is 5.69 Å². The van der Waals surface area contributed by atoms with E-state index in [0.717, 1.165) is 23.1 Å². The summed E-state index contributed by atoms with van der Waals surface area (Å²) >= 11 is 0. The number of benzene rings is 3. The molecular weight excluding hydrogens is 434 g/mol. The van der Waals surface area contributed by atoms with Crippen molar-refractivity contribution in [3.8, 4) is 23.0 Å². The van der Waals surface area contributed by atoms with Gasteiger partial charge in [-0.05, 0) is 61.2 Å². The van der Waals surface area contributed by atoms with Crippen molar-refractivity contribution in [2.24, 2.45) is 4.99 Å². The van der Waals surface area contributed by atoms with Crippen LogP contribution in [0.1, 0.15) is 44.2 Å². The number of hydrogen-bond donors (Lipinski definition) is 1. The smallest absolute Gasteiger partial charge is 0.274 e. The van der Waals surface area contributed by atoms with Crippen molar-refractivity contribution in [2.75, 3.05) is 6.61 Å². The Balaban J connectivity index is 1.58. The minimum Gasteiger partial charge on any atom is -0.504 e. The fourth-order valence-corrected chi connectivity index (χ4v) is 3.53. The minimum absolute atomic E-state index is 0.0425. The zero-order valence-corrected chi connectivity index (χ0v) is 19.2. The zero-order valence-electron chi connectivity index (χ0n) is 19.2. The van der Waals surface area contributed by atoms with Crippen molar-refractivity contribution >= 4 is 28.7 Å². The van der Waals surface area contributed by atoms with E-state index in [0.29, 0.717) is 17.5 Å². The molecule has 0 aliphatic rings. The van der Waals surface area contributed by atoms with E-state index in [2.05, 4.69) is 36.0 Å². The number of nitro benzene ring substituents is 1. The van der Waals surface area contributed by atoms with E-state index < -0.39 is 4.92 Å². The van der Waals surface area contributed by atoms with Gasteiger partial charge in [-0.25, -0.2) is 4.98 Å². The quantitative estimate of drug-likeness (QED) is 0.177. The minimum atomic E-state index is -0.541. The van der Waals surface area contributed by atoms with Gasteiger partial charge in [-0.15, -0.1) is 0 Å². The summed E-state index contributed by atoms with van der Waals surface area (Å²) in [5, 5.41) is 21.6. The van der Waals surface area contributed by atoms with Crippen molar-refractivity contribution in [2.45, 2.75) is 33.1 Å². The number of oxazole rings is 1. The van der Waals surface area contributed by atoms with E-state index in [1.807, 2.05) is 18.2 Å². The van der Waals surface area contributed by atoms with E-state index in [1.54, 1.807) is 19.1 Å². The molecule has 1 aromatic heterocycles. The van der Waals surface area contributed by atoms with Gasteiger partial charge in [0.15, 0.2) is 17.1 Å². The van der Waals surface area contributed by atoms with Crippen molar-refractivity contribution in [1.82, 2.24) is 4.98 Å². The second-order valence-corrected chi connectivity index (χ2v) is 7.93. The van der Waals surface area contributed by atoms with Crippen molar-refractivity contribution in [1.29, 1.82) is 0 Å². The monoisotopic (exact) mass is 459 g/mol. The second-order valence-electron chi connectivity index (χ2n) is 7.93. The molecule has 1 heterocycles. The Morgan fingerprint density at radius 3 is 2.62 bits per heavy atom. The number of nitro groups is 1. The molecule has 8 nitrogen and oxygen atoms in total. The molecule has 3 aromatic carbocycles. The standard InChI is InChI=1S/C26H25N3O5/c1-4-16(3)18-8-11-23-22(13-18)28-26(34-23)17-6-9-20(10-7-17)27-15-19-12-21(29(31)32)14-24(25(19)30)33-5-2/h6-16,30H,4-5H2,1-3H3. The van der Waals surface area contributed by atoms with Crippen LogP contribution in [0, 0.1) is 10.1 Å². The number of aliphatic imine (C=N–C) groups is 1. The average molecular weight is 460 g/mol. The lowest BCUT2D eigenvalue weighted by molar-refractivity contribution is -0.385. The fraction of sp³-hybridized carbons (Fsp3) is 0.231. The van der Waals surface area contributed by atoms with Gasteiger partial charge in [-0.3, -0.25) is 15.1 Å². The average Bonchev–Trinajstić information content (AvgIpc) is 3.27. The van der Waals surface area contributed by atoms with Crippen LogP contribution in [0.2, 0.25) is 0 Å². The van der Waals surface area contributed by atoms with Crippen LogP contribution in [0.4, 0.5) is 11.4 Å². The summed E-state index contributed by atoms with van der Waals surface area (Å²) in [5.41, 5.74) is 4.19. The Hall–Kier alpha value is -4.20. The lowest BCUT2D eigenvalue weighted by atomic mass is 9.98. The maximum atomic E-state index is 11.2. The predicted molar refractivity (Wildman–Crippen MR) is 131 cm³/mol. The highest BCUT2D eigenvalue weighted by Crippen LogP contribution is 2.34. The second kappa shape index (κ2) is 9.74. The van der Waals surface area contributed by atoms with Crippen molar-refractivity contribution < 1.29 is 19.2 Å². The summed E-state index contributed by atoms with van der Waals surface area (Å²) in [6.45, 7) is 6.34. The fourth-order valence-electron chi connectivity index (χ4n) is 3.53. The molecule has 0 fully saturated rings. The maximum Gasteiger partial charge on any atom is 0.274 e. The molecule has 1 unspecified atom stereocenters. The lowest BCUT2D eigenvalue weighted by Gasteiger charge is -2.07. The molecule has 0 aliphatic carbocycles. The molecule has 0 aliphatic heterocycles. The first-order chi connectivity index (χ1) is 16.4. The van der Waals surface area contributed by atoms with Crippen LogP contribution in [-0.2, 0) is 0 Å². The summed E-state index contributed by atoms with van der Waals surface area (Å²) in [6.07, 6.45) is 2.43. The van der Waals surface area contributed by atoms with Gasteiger partial charge < -0.3 is 14.3 Å². The van der Waals surface area contributed by atoms with Crippen LogP contribution in [0.3, 0.4) is 0 Å². The van der Waals surface area contributed by atoms with E-state index >= 15 is 0 Å². The summed E-state index contributed by atoms with van der Waals surface area (Å²) in [5.74, 6) is 0.818. The van der Waals surface area contributed by atoms with E-state index in [9.17, 15) is 15.2 Å². The third-order valence-corrected chi connectivity index (χ3v) is 5.66. The molecule has 0 bridgehead atoms. The molecule has 0 spiro atoms. The van der Waals surface area contributed by atoms with Gasteiger partial charge in [0.1, 0.15) is 5.52 Å². The molecule has 1 atom stereocenters. The zero-order chi connectivity index (χ0) is 24.2. The largest absolute Gasteiger partial charge is 0.504 e. The van der Waals surface area contributed by atoms with Crippen LogP contribution < -0.4 is 4.74 Å². The molecule has 0 amide bonds. The first kappa shape index (κ1) is 23.0. The number of hydrogen-bond acceptors (Lipinski definition) is 7. The van der Waals surface area contributed by atoms with Crippen LogP contribution in [0.5, 0.6) is 11.5 Å². The number of nitrogens with zero attached hydrogens (tertiary/aromatic N) is 3. The number of ether oxygens (including phenoxy) is 1. The third-order valence-electron chi connectivity index (χ3n) is 5.66. The molecule has 4 rings (SSSR count). The van der Waals surface area contributed by atoms with Gasteiger partial charge in [0.2, 0.25) is 5.89 Å². The Morgan fingerprint density at radius 2 is 1.94 bits per heavy atom. The highest BCUT2D eigenvalue weighted by molar-refractivity contribution is 5.88. The Kier molecular flexibility index (Phi) is 6.58. The molecule has 34 heavy (non-hydrogen) atoms. The molecule has 0 saturated carbocycles. The normalized spacial score (nSPS) is 12.3. The third kappa shape index (κ3) is 4.76. The van der Waals surface area contributed by atoms with Crippen LogP contribution >= 0.6 is 0 Å². The molecule has 8 heteroatoms. The number of rotatable bonds is 8. The summed E-state index contributed by atoms with van der Waals surface area (Å²) in [7, 11) is 0. The molecule has 1 N–H and O–H groups in total. The predicted octanol–water partition coefficient (Wildman–Crippen LogP) is 6.77. The topological polar surface area (TPSA) is 111 Å². The van der Waals surface area contributed by atoms with Gasteiger partial charge >= 0.3 is 0 Å². The van der Waals surface area contributed by atoms with Crippen molar-refractivity contribution in [3.05, 3.63) is 75.8 Å². The number of aromatic nitrogens is 1. The summed E-state index contributed by atoms with van der Waals surface area (Å²) in [6, 6.07) is 15.8. The number of aromatic hydroxyl groups is 1. The maximum absolute atomic E-state index is 11.2. The molecule has 174 valence electrons. The van der Waals surface area contributed by atoms with Gasteiger partial charge in [0, 0.05) is 23.4 Å². The highest BCUT2D eigenvalue weighted by atomic mass is 16.6. The number of phenols is 1. The number of fused-ring (bicyclic) bond motifs is 1. The van der Waals surface area contributed by atoms with Crippen LogP contribution in [0.15, 0.2) is 64.0 Å². The Labute approximate surface area is 196 Å². The molecule has 4 aromatic rings. The van der Waals surface area contributed by atoms with Crippen LogP contribution in [-0.4, -0.2) is 27.8 Å². The number of non-ortho nitro benzene ring substituents is 1. The van der Waals surface area contributed by atoms with Crippen LogP contribution in [0.25, 0.3) is 22.6 Å². The lowest BCUT2D eigenvalue weighted by Crippen LogP contribution is -1.97. The van der Waals surface area contributed by atoms with E-state index in [4.69, 9.17) is 9.15 Å². The van der Waals surface area contributed by atoms with E-state index in [-0.39, 0.29) is 29.4 Å². The number of phenolic OH excluding ortho intramolecular Hbond substituents is 1. The van der Waals surface area contributed by atoms with E-state index in [1.165, 1.54) is 23.9 Å². The highest BCUT2D eigenvalue weighted by Gasteiger charge is 2.16. The molecular formula is C26H25N3O5. The SMILES string of the molecule is CCOc1cc([N+](=O)[O-])cc(C=Nc2ccc(-c3nc4cc(C(C)CC)ccc4o3)cc2)c1O. The summed E-state index contributed by atoms with van der Waals surface area (Å²) in [4.78, 5) is 19.6. The van der Waals surface area contributed by atoms with Gasteiger partial charge in [-0.2, -0.15) is 0 Å². The Bertz CT molecular complexity index is 1360. The first-order valence-corrected chi connectivity index (χ1v) is 11.1. The molecule has 0 radical (unpaired) electrons. The molecule has 0 saturated heterocycles. The summed E-state index contributed by atoms with van der Waals surface area (Å²) < 4.78 is 11.2. The van der Waals surface area contributed by atoms with Gasteiger partial charge in [0.05, 0.1) is 23.3 Å². The van der Waals surface area contributed by atoms with Gasteiger partial charge in [-0.1, -0.05) is 19.9 Å². The Morgan fingerprint density at radius 1 is 1.18 bits per heavy atom. The first-order valence-electron chi connectivity index (χ1n) is 11.1. The van der Waals surface area contributed by atoms with Crippen molar-refractivity contribution in [3.63, 3.8) is 0 Å².